The van der Waals surface area contributed by atoms with E-state index in [1.54, 1.807) is 24.0 Å². The number of rotatable bonds is 4. The lowest BCUT2D eigenvalue weighted by molar-refractivity contribution is -0.117. The summed E-state index contributed by atoms with van der Waals surface area (Å²) in [6, 6.07) is 6.69. The van der Waals surface area contributed by atoms with Crippen LogP contribution in [0.15, 0.2) is 28.8 Å². The predicted octanol–water partition coefficient (Wildman–Crippen LogP) is 4.03. The molecule has 134 valence electrons. The number of hydrogen-bond acceptors (Lipinski definition) is 4. The van der Waals surface area contributed by atoms with Crippen LogP contribution < -0.4 is 10.2 Å². The molecule has 1 saturated heterocycles. The zero-order chi connectivity index (χ0) is 18.2. The molecular weight excluding hydrogens is 321 g/mol. The Labute approximate surface area is 147 Å². The first-order valence-electron chi connectivity index (χ1n) is 8.55. The summed E-state index contributed by atoms with van der Waals surface area (Å²) >= 11 is 0. The SMILES string of the molecule is Cc1cc(N2C(=O)CC[C@H]2CNc2cc(C(C)(C)C)on2)ccc1F. The van der Waals surface area contributed by atoms with Crippen LogP contribution in [-0.2, 0) is 10.2 Å². The summed E-state index contributed by atoms with van der Waals surface area (Å²) in [4.78, 5) is 14.1. The van der Waals surface area contributed by atoms with Crippen LogP contribution in [0.1, 0.15) is 44.9 Å². The molecule has 1 atom stereocenters. The normalized spacial score (nSPS) is 18.0. The summed E-state index contributed by atoms with van der Waals surface area (Å²) in [7, 11) is 0. The van der Waals surface area contributed by atoms with Gasteiger partial charge in [0, 0.05) is 30.1 Å². The number of nitrogens with one attached hydrogen (secondary N) is 1. The Morgan fingerprint density at radius 2 is 2.12 bits per heavy atom. The van der Waals surface area contributed by atoms with Crippen molar-refractivity contribution >= 4 is 17.4 Å². The summed E-state index contributed by atoms with van der Waals surface area (Å²) in [6.07, 6.45) is 1.25. The van der Waals surface area contributed by atoms with Gasteiger partial charge in [0.15, 0.2) is 5.82 Å². The standard InChI is InChI=1S/C19H24FN3O2/c1-12-9-13(5-7-15(12)20)23-14(6-8-18(23)24)11-21-17-10-16(25-22-17)19(2,3)4/h5,7,9-10,14H,6,8,11H2,1-4H3,(H,21,22)/t14-/m0/s1. The van der Waals surface area contributed by atoms with Crippen LogP contribution >= 0.6 is 0 Å². The fourth-order valence-corrected chi connectivity index (χ4v) is 3.00. The molecule has 0 saturated carbocycles. The minimum Gasteiger partial charge on any atom is -0.365 e. The molecule has 0 unspecified atom stereocenters. The van der Waals surface area contributed by atoms with Gasteiger partial charge < -0.3 is 14.7 Å². The quantitative estimate of drug-likeness (QED) is 0.909. The molecule has 2 aromatic rings. The molecule has 1 aliphatic rings. The van der Waals surface area contributed by atoms with Gasteiger partial charge in [-0.15, -0.1) is 0 Å². The highest BCUT2D eigenvalue weighted by molar-refractivity contribution is 5.96. The minimum atomic E-state index is -0.262. The number of carbonyl (C=O) groups excluding carboxylic acids is 1. The summed E-state index contributed by atoms with van der Waals surface area (Å²) in [5, 5.41) is 7.30. The van der Waals surface area contributed by atoms with Gasteiger partial charge in [0.1, 0.15) is 11.6 Å². The third kappa shape index (κ3) is 3.67. The molecule has 1 aromatic heterocycles. The van der Waals surface area contributed by atoms with Gasteiger partial charge in [-0.3, -0.25) is 4.79 Å². The number of aryl methyl sites for hydroxylation is 1. The monoisotopic (exact) mass is 345 g/mol. The third-order valence-electron chi connectivity index (χ3n) is 4.51. The van der Waals surface area contributed by atoms with Gasteiger partial charge in [-0.2, -0.15) is 0 Å². The molecule has 1 aromatic carbocycles. The molecule has 1 fully saturated rings. The summed E-state index contributed by atoms with van der Waals surface area (Å²) in [6.45, 7) is 8.46. The maximum atomic E-state index is 13.5. The van der Waals surface area contributed by atoms with Crippen LogP contribution in [0.3, 0.4) is 0 Å². The topological polar surface area (TPSA) is 58.4 Å². The van der Waals surface area contributed by atoms with Crippen molar-refractivity contribution < 1.29 is 13.7 Å². The van der Waals surface area contributed by atoms with Crippen molar-refractivity contribution in [2.24, 2.45) is 0 Å². The molecule has 3 rings (SSSR count). The fourth-order valence-electron chi connectivity index (χ4n) is 3.00. The van der Waals surface area contributed by atoms with E-state index in [1.807, 2.05) is 6.07 Å². The highest BCUT2D eigenvalue weighted by Gasteiger charge is 2.32. The van der Waals surface area contributed by atoms with Crippen molar-refractivity contribution in [2.45, 2.75) is 52.0 Å². The molecule has 1 aliphatic heterocycles. The van der Waals surface area contributed by atoms with Gasteiger partial charge in [-0.05, 0) is 37.1 Å². The second-order valence-corrected chi connectivity index (χ2v) is 7.60. The maximum absolute atomic E-state index is 13.5. The number of anilines is 2. The number of nitrogens with zero attached hydrogens (tertiary/aromatic N) is 2. The van der Waals surface area contributed by atoms with Gasteiger partial charge in [0.05, 0.1) is 6.04 Å². The van der Waals surface area contributed by atoms with E-state index in [2.05, 4.69) is 31.2 Å². The molecule has 25 heavy (non-hydrogen) atoms. The molecule has 0 spiro atoms. The molecular formula is C19H24FN3O2. The van der Waals surface area contributed by atoms with E-state index in [-0.39, 0.29) is 23.2 Å². The number of halogens is 1. The van der Waals surface area contributed by atoms with Gasteiger partial charge in [0.2, 0.25) is 5.91 Å². The Balaban J connectivity index is 1.72. The number of amides is 1. The Kier molecular flexibility index (Phi) is 4.54. The van der Waals surface area contributed by atoms with Crippen molar-refractivity contribution in [3.05, 3.63) is 41.4 Å². The van der Waals surface area contributed by atoms with Crippen LogP contribution in [0.2, 0.25) is 0 Å². The van der Waals surface area contributed by atoms with E-state index < -0.39 is 0 Å². The second-order valence-electron chi connectivity index (χ2n) is 7.60. The number of benzene rings is 1. The Hall–Kier alpha value is -2.37. The first-order chi connectivity index (χ1) is 11.8. The van der Waals surface area contributed by atoms with Crippen molar-refractivity contribution in [3.8, 4) is 0 Å². The largest absolute Gasteiger partial charge is 0.365 e. The van der Waals surface area contributed by atoms with Crippen molar-refractivity contribution in [3.63, 3.8) is 0 Å². The highest BCUT2D eigenvalue weighted by atomic mass is 19.1. The van der Waals surface area contributed by atoms with Crippen LogP contribution in [0.4, 0.5) is 15.9 Å². The van der Waals surface area contributed by atoms with Crippen molar-refractivity contribution in [1.29, 1.82) is 0 Å². The second kappa shape index (κ2) is 6.50. The summed E-state index contributed by atoms with van der Waals surface area (Å²) < 4.78 is 18.9. The van der Waals surface area contributed by atoms with E-state index in [0.717, 1.165) is 17.9 Å². The van der Waals surface area contributed by atoms with Gasteiger partial charge >= 0.3 is 0 Å². The number of hydrogen-bond donors (Lipinski definition) is 1. The predicted molar refractivity (Wildman–Crippen MR) is 95.3 cm³/mol. The van der Waals surface area contributed by atoms with Crippen LogP contribution in [0.5, 0.6) is 0 Å². The average Bonchev–Trinajstić information content (AvgIpc) is 3.14. The first-order valence-corrected chi connectivity index (χ1v) is 8.55. The van der Waals surface area contributed by atoms with E-state index in [1.165, 1.54) is 6.07 Å². The molecule has 0 aliphatic carbocycles. The molecule has 1 N–H and O–H groups in total. The summed E-state index contributed by atoms with van der Waals surface area (Å²) in [5.41, 5.74) is 1.17. The summed E-state index contributed by atoms with van der Waals surface area (Å²) in [5.74, 6) is 1.28. The number of aromatic nitrogens is 1. The van der Waals surface area contributed by atoms with Crippen LogP contribution in [-0.4, -0.2) is 23.7 Å². The Bertz CT molecular complexity index is 779. The first kappa shape index (κ1) is 17.5. The smallest absolute Gasteiger partial charge is 0.227 e. The molecule has 6 heteroatoms. The molecule has 0 radical (unpaired) electrons. The van der Waals surface area contributed by atoms with Crippen molar-refractivity contribution in [2.75, 3.05) is 16.8 Å². The van der Waals surface area contributed by atoms with E-state index in [4.69, 9.17) is 4.52 Å². The van der Waals surface area contributed by atoms with E-state index in [0.29, 0.717) is 24.3 Å². The lowest BCUT2D eigenvalue weighted by atomic mass is 9.93. The maximum Gasteiger partial charge on any atom is 0.227 e. The molecule has 2 heterocycles. The molecule has 5 nitrogen and oxygen atoms in total. The highest BCUT2D eigenvalue weighted by Crippen LogP contribution is 2.29. The van der Waals surface area contributed by atoms with Crippen molar-refractivity contribution in [1.82, 2.24) is 5.16 Å². The average molecular weight is 345 g/mol. The van der Waals surface area contributed by atoms with Crippen LogP contribution in [0, 0.1) is 12.7 Å². The lowest BCUT2D eigenvalue weighted by Gasteiger charge is -2.25. The fraction of sp³-hybridized carbons (Fsp3) is 0.474. The lowest BCUT2D eigenvalue weighted by Crippen LogP contribution is -2.37. The van der Waals surface area contributed by atoms with Crippen LogP contribution in [0.25, 0.3) is 0 Å². The molecule has 1 amide bonds. The van der Waals surface area contributed by atoms with Gasteiger partial charge in [-0.25, -0.2) is 4.39 Å². The number of carbonyl (C=O) groups is 1. The van der Waals surface area contributed by atoms with E-state index >= 15 is 0 Å². The van der Waals surface area contributed by atoms with E-state index in [9.17, 15) is 9.18 Å². The molecule has 0 bridgehead atoms. The van der Waals surface area contributed by atoms with Gasteiger partial charge in [0.25, 0.3) is 0 Å². The Morgan fingerprint density at radius 1 is 1.36 bits per heavy atom. The zero-order valence-corrected chi connectivity index (χ0v) is 15.1. The zero-order valence-electron chi connectivity index (χ0n) is 15.1. The minimum absolute atomic E-state index is 0.00662. The van der Waals surface area contributed by atoms with Gasteiger partial charge in [-0.1, -0.05) is 25.9 Å². The Morgan fingerprint density at radius 3 is 2.76 bits per heavy atom. The third-order valence-corrected chi connectivity index (χ3v) is 4.51.